The first-order chi connectivity index (χ1) is 6.93. The molecule has 0 radical (unpaired) electrons. The average molecular weight is 207 g/mol. The Bertz CT molecular complexity index is 427. The number of fused-ring (bicyclic) bond motifs is 1. The molecule has 0 saturated heterocycles. The van der Waals surface area contributed by atoms with Crippen molar-refractivity contribution in [3.05, 3.63) is 23.5 Å². The van der Waals surface area contributed by atoms with Crippen molar-refractivity contribution in [2.24, 2.45) is 0 Å². The van der Waals surface area contributed by atoms with Gasteiger partial charge in [0.1, 0.15) is 0 Å². The molecule has 1 fully saturated rings. The quantitative estimate of drug-likeness (QED) is 0.826. The number of thiazole rings is 1. The lowest BCUT2D eigenvalue weighted by Crippen LogP contribution is -2.19. The van der Waals surface area contributed by atoms with Gasteiger partial charge >= 0.3 is 0 Å². The summed E-state index contributed by atoms with van der Waals surface area (Å²) in [7, 11) is 0. The van der Waals surface area contributed by atoms with Crippen molar-refractivity contribution in [3.8, 4) is 0 Å². The second-order valence-electron chi connectivity index (χ2n) is 3.79. The Morgan fingerprint density at radius 2 is 2.50 bits per heavy atom. The summed E-state index contributed by atoms with van der Waals surface area (Å²) in [6.07, 6.45) is 7.74. The maximum atomic E-state index is 4.26. The van der Waals surface area contributed by atoms with Crippen LogP contribution >= 0.6 is 11.3 Å². The summed E-state index contributed by atoms with van der Waals surface area (Å²) in [6, 6.07) is 0.812. The first kappa shape index (κ1) is 8.44. The lowest BCUT2D eigenvalue weighted by Gasteiger charge is -2.01. The highest BCUT2D eigenvalue weighted by Crippen LogP contribution is 2.19. The molecule has 1 aliphatic carbocycles. The predicted molar refractivity (Wildman–Crippen MR) is 57.8 cm³/mol. The summed E-state index contributed by atoms with van der Waals surface area (Å²) < 4.78 is 2.18. The van der Waals surface area contributed by atoms with Crippen molar-refractivity contribution in [2.75, 3.05) is 6.54 Å². The van der Waals surface area contributed by atoms with Gasteiger partial charge < -0.3 is 5.32 Å². The minimum Gasteiger partial charge on any atom is -0.314 e. The Morgan fingerprint density at radius 3 is 3.36 bits per heavy atom. The Kier molecular flexibility index (Phi) is 2.03. The number of rotatable bonds is 4. The molecule has 1 N–H and O–H groups in total. The summed E-state index contributed by atoms with van der Waals surface area (Å²) in [4.78, 5) is 5.36. The number of imidazole rings is 1. The molecule has 3 nitrogen and oxygen atoms in total. The van der Waals surface area contributed by atoms with E-state index in [-0.39, 0.29) is 0 Å². The van der Waals surface area contributed by atoms with Crippen LogP contribution in [0, 0.1) is 0 Å². The van der Waals surface area contributed by atoms with Gasteiger partial charge in [-0.1, -0.05) is 0 Å². The Balaban J connectivity index is 1.67. The SMILES string of the molecule is c1cn2c(CCNC3CC3)csc2n1. The van der Waals surface area contributed by atoms with Gasteiger partial charge in [-0.15, -0.1) is 11.3 Å². The van der Waals surface area contributed by atoms with E-state index in [9.17, 15) is 0 Å². The highest BCUT2D eigenvalue weighted by Gasteiger charge is 2.19. The molecule has 0 bridgehead atoms. The van der Waals surface area contributed by atoms with E-state index in [4.69, 9.17) is 0 Å². The van der Waals surface area contributed by atoms with Crippen LogP contribution in [-0.4, -0.2) is 22.0 Å². The molecule has 4 heteroatoms. The van der Waals surface area contributed by atoms with Crippen LogP contribution in [0.4, 0.5) is 0 Å². The van der Waals surface area contributed by atoms with Gasteiger partial charge in [0, 0.05) is 42.5 Å². The van der Waals surface area contributed by atoms with Crippen molar-refractivity contribution >= 4 is 16.3 Å². The number of hydrogen-bond acceptors (Lipinski definition) is 3. The van der Waals surface area contributed by atoms with Crippen LogP contribution in [0.2, 0.25) is 0 Å². The third-order valence-electron chi connectivity index (χ3n) is 2.61. The monoisotopic (exact) mass is 207 g/mol. The molecule has 3 rings (SSSR count). The maximum Gasteiger partial charge on any atom is 0.193 e. The molecular weight excluding hydrogens is 194 g/mol. The maximum absolute atomic E-state index is 4.26. The normalized spacial score (nSPS) is 16.6. The Labute approximate surface area is 86.8 Å². The highest BCUT2D eigenvalue weighted by molar-refractivity contribution is 7.15. The molecule has 14 heavy (non-hydrogen) atoms. The molecule has 0 atom stereocenters. The van der Waals surface area contributed by atoms with Gasteiger partial charge in [-0.2, -0.15) is 0 Å². The first-order valence-corrected chi connectivity index (χ1v) is 5.94. The van der Waals surface area contributed by atoms with E-state index in [1.165, 1.54) is 18.5 Å². The molecule has 1 aliphatic rings. The van der Waals surface area contributed by atoms with Crippen LogP contribution in [0.5, 0.6) is 0 Å². The van der Waals surface area contributed by atoms with Gasteiger partial charge in [-0.25, -0.2) is 4.98 Å². The molecule has 2 aromatic heterocycles. The summed E-state index contributed by atoms with van der Waals surface area (Å²) in [6.45, 7) is 1.09. The van der Waals surface area contributed by atoms with Gasteiger partial charge in [0.25, 0.3) is 0 Å². The van der Waals surface area contributed by atoms with Crippen LogP contribution in [-0.2, 0) is 6.42 Å². The minimum atomic E-state index is 0.812. The van der Waals surface area contributed by atoms with E-state index >= 15 is 0 Å². The van der Waals surface area contributed by atoms with Crippen LogP contribution in [0.15, 0.2) is 17.8 Å². The lowest BCUT2D eigenvalue weighted by atomic mass is 10.3. The van der Waals surface area contributed by atoms with E-state index in [0.29, 0.717) is 0 Å². The second kappa shape index (κ2) is 3.37. The van der Waals surface area contributed by atoms with Crippen molar-refractivity contribution in [1.82, 2.24) is 14.7 Å². The van der Waals surface area contributed by atoms with Crippen LogP contribution in [0.3, 0.4) is 0 Å². The van der Waals surface area contributed by atoms with Crippen molar-refractivity contribution in [2.45, 2.75) is 25.3 Å². The summed E-state index contributed by atoms with van der Waals surface area (Å²) in [5.41, 5.74) is 1.37. The van der Waals surface area contributed by atoms with Crippen molar-refractivity contribution in [3.63, 3.8) is 0 Å². The van der Waals surface area contributed by atoms with E-state index in [1.807, 2.05) is 12.4 Å². The fraction of sp³-hybridized carbons (Fsp3) is 0.500. The smallest absolute Gasteiger partial charge is 0.193 e. The zero-order valence-electron chi connectivity index (χ0n) is 7.94. The Morgan fingerprint density at radius 1 is 1.57 bits per heavy atom. The summed E-state index contributed by atoms with van der Waals surface area (Å²) >= 11 is 1.72. The van der Waals surface area contributed by atoms with E-state index < -0.39 is 0 Å². The lowest BCUT2D eigenvalue weighted by molar-refractivity contribution is 0.673. The van der Waals surface area contributed by atoms with Gasteiger partial charge in [-0.3, -0.25) is 4.40 Å². The van der Waals surface area contributed by atoms with Crippen molar-refractivity contribution < 1.29 is 0 Å². The second-order valence-corrected chi connectivity index (χ2v) is 4.62. The van der Waals surface area contributed by atoms with E-state index in [1.54, 1.807) is 11.3 Å². The average Bonchev–Trinajstić information content (AvgIpc) is 2.76. The molecular formula is C10H13N3S. The van der Waals surface area contributed by atoms with Gasteiger partial charge in [0.05, 0.1) is 0 Å². The predicted octanol–water partition coefficient (Wildman–Crippen LogP) is 1.69. The zero-order valence-corrected chi connectivity index (χ0v) is 8.76. The fourth-order valence-corrected chi connectivity index (χ4v) is 2.53. The zero-order chi connectivity index (χ0) is 9.38. The fourth-order valence-electron chi connectivity index (χ4n) is 1.64. The van der Waals surface area contributed by atoms with Crippen LogP contribution in [0.1, 0.15) is 18.5 Å². The van der Waals surface area contributed by atoms with Crippen LogP contribution in [0.25, 0.3) is 4.96 Å². The molecule has 0 aromatic carbocycles. The molecule has 2 aromatic rings. The molecule has 0 unspecified atom stereocenters. The number of hydrogen-bond donors (Lipinski definition) is 1. The largest absolute Gasteiger partial charge is 0.314 e. The third kappa shape index (κ3) is 1.55. The summed E-state index contributed by atoms with van der Waals surface area (Å²) in [5, 5.41) is 5.73. The van der Waals surface area contributed by atoms with Crippen LogP contribution < -0.4 is 5.32 Å². The molecule has 0 amide bonds. The summed E-state index contributed by atoms with van der Waals surface area (Å²) in [5.74, 6) is 0. The molecule has 74 valence electrons. The van der Waals surface area contributed by atoms with E-state index in [0.717, 1.165) is 24.0 Å². The highest BCUT2D eigenvalue weighted by atomic mass is 32.1. The topological polar surface area (TPSA) is 29.3 Å². The standard InChI is InChI=1S/C10H13N3S/c1-2-8(1)11-4-3-9-7-14-10-12-5-6-13(9)10/h5-8,11H,1-4H2. The minimum absolute atomic E-state index is 0.812. The van der Waals surface area contributed by atoms with Gasteiger partial charge in [0.2, 0.25) is 0 Å². The molecule has 0 spiro atoms. The molecule has 2 heterocycles. The molecule has 1 saturated carbocycles. The number of nitrogens with one attached hydrogen (secondary N) is 1. The van der Waals surface area contributed by atoms with Gasteiger partial charge in [-0.05, 0) is 12.8 Å². The first-order valence-electron chi connectivity index (χ1n) is 5.06. The van der Waals surface area contributed by atoms with E-state index in [2.05, 4.69) is 20.1 Å². The van der Waals surface area contributed by atoms with Gasteiger partial charge in [0.15, 0.2) is 4.96 Å². The molecule has 0 aliphatic heterocycles. The number of nitrogens with zero attached hydrogens (tertiary/aromatic N) is 2. The number of aromatic nitrogens is 2. The third-order valence-corrected chi connectivity index (χ3v) is 3.51. The van der Waals surface area contributed by atoms with Crippen molar-refractivity contribution in [1.29, 1.82) is 0 Å². The Hall–Kier alpha value is -0.870.